The second-order valence-electron chi connectivity index (χ2n) is 5.73. The molecule has 8 heteroatoms. The Morgan fingerprint density at radius 3 is 2.69 bits per heavy atom. The number of thioether (sulfide) groups is 1. The van der Waals surface area contributed by atoms with E-state index in [-0.39, 0.29) is 11.7 Å². The van der Waals surface area contributed by atoms with Gasteiger partial charge in [0.25, 0.3) is 0 Å². The van der Waals surface area contributed by atoms with E-state index < -0.39 is 0 Å². The number of amides is 1. The van der Waals surface area contributed by atoms with Gasteiger partial charge in [-0.2, -0.15) is 0 Å². The molecule has 7 nitrogen and oxygen atoms in total. The molecule has 0 bridgehead atoms. The van der Waals surface area contributed by atoms with E-state index in [4.69, 9.17) is 9.15 Å². The highest BCUT2D eigenvalue weighted by Gasteiger charge is 2.14. The fourth-order valence-corrected chi connectivity index (χ4v) is 3.24. The van der Waals surface area contributed by atoms with Gasteiger partial charge in [-0.25, -0.2) is 0 Å². The molecule has 0 atom stereocenters. The Morgan fingerprint density at radius 1 is 1.27 bits per heavy atom. The van der Waals surface area contributed by atoms with Gasteiger partial charge in [0.15, 0.2) is 5.16 Å². The molecule has 0 fully saturated rings. The van der Waals surface area contributed by atoms with Crippen molar-refractivity contribution in [3.05, 3.63) is 54.2 Å². The number of carbonyl (C=O) groups excluding carboxylic acids is 1. The van der Waals surface area contributed by atoms with Crippen LogP contribution < -0.4 is 4.74 Å². The number of aryl methyl sites for hydroxylation is 1. The van der Waals surface area contributed by atoms with Crippen molar-refractivity contribution < 1.29 is 13.9 Å². The molecule has 26 heavy (non-hydrogen) atoms. The fourth-order valence-electron chi connectivity index (χ4n) is 2.37. The molecule has 0 radical (unpaired) electrons. The standard InChI is InChI=1S/C18H20N4O3S/c1-13-4-7-16(25-13)10-21(2)17(23)11-26-18-20-19-12-22(18)14-5-8-15(24-3)9-6-14/h4-9,12H,10-11H2,1-3H3. The van der Waals surface area contributed by atoms with Crippen LogP contribution >= 0.6 is 11.8 Å². The van der Waals surface area contributed by atoms with Crippen LogP contribution in [-0.4, -0.2) is 45.5 Å². The summed E-state index contributed by atoms with van der Waals surface area (Å²) >= 11 is 1.35. The topological polar surface area (TPSA) is 73.4 Å². The molecule has 0 saturated carbocycles. The third-order valence-corrected chi connectivity index (χ3v) is 4.73. The van der Waals surface area contributed by atoms with Crippen LogP contribution in [0.2, 0.25) is 0 Å². The van der Waals surface area contributed by atoms with E-state index in [1.807, 2.05) is 47.9 Å². The molecule has 0 N–H and O–H groups in total. The Hall–Kier alpha value is -2.74. The number of carbonyl (C=O) groups is 1. The monoisotopic (exact) mass is 372 g/mol. The zero-order valence-electron chi connectivity index (χ0n) is 14.9. The summed E-state index contributed by atoms with van der Waals surface area (Å²) in [7, 11) is 3.39. The van der Waals surface area contributed by atoms with Gasteiger partial charge in [-0.05, 0) is 43.3 Å². The summed E-state index contributed by atoms with van der Waals surface area (Å²) in [5, 5.41) is 8.72. The zero-order valence-corrected chi connectivity index (χ0v) is 15.7. The highest BCUT2D eigenvalue weighted by Crippen LogP contribution is 2.22. The van der Waals surface area contributed by atoms with Crippen LogP contribution in [0.4, 0.5) is 0 Å². The van der Waals surface area contributed by atoms with Crippen molar-refractivity contribution in [2.45, 2.75) is 18.6 Å². The van der Waals surface area contributed by atoms with Gasteiger partial charge in [-0.15, -0.1) is 10.2 Å². The van der Waals surface area contributed by atoms with E-state index >= 15 is 0 Å². The molecule has 0 spiro atoms. The van der Waals surface area contributed by atoms with E-state index in [2.05, 4.69) is 10.2 Å². The van der Waals surface area contributed by atoms with Crippen molar-refractivity contribution in [1.82, 2.24) is 19.7 Å². The summed E-state index contributed by atoms with van der Waals surface area (Å²) in [5.74, 6) is 2.65. The van der Waals surface area contributed by atoms with Gasteiger partial charge >= 0.3 is 0 Å². The second kappa shape index (κ2) is 8.09. The van der Waals surface area contributed by atoms with Crippen molar-refractivity contribution in [3.8, 4) is 11.4 Å². The lowest BCUT2D eigenvalue weighted by Gasteiger charge is -2.15. The number of ether oxygens (including phenoxy) is 1. The molecule has 2 heterocycles. The highest BCUT2D eigenvalue weighted by atomic mass is 32.2. The number of hydrogen-bond acceptors (Lipinski definition) is 6. The van der Waals surface area contributed by atoms with Crippen LogP contribution in [0.5, 0.6) is 5.75 Å². The molecular weight excluding hydrogens is 352 g/mol. The van der Waals surface area contributed by atoms with Gasteiger partial charge in [0.1, 0.15) is 23.6 Å². The van der Waals surface area contributed by atoms with Gasteiger partial charge in [0.2, 0.25) is 5.91 Å². The van der Waals surface area contributed by atoms with Gasteiger partial charge < -0.3 is 14.1 Å². The maximum absolute atomic E-state index is 12.4. The third kappa shape index (κ3) is 4.26. The van der Waals surface area contributed by atoms with E-state index in [0.717, 1.165) is 23.0 Å². The number of aromatic nitrogens is 3. The zero-order chi connectivity index (χ0) is 18.5. The van der Waals surface area contributed by atoms with Crippen LogP contribution in [-0.2, 0) is 11.3 Å². The van der Waals surface area contributed by atoms with Gasteiger partial charge in [0, 0.05) is 12.7 Å². The number of rotatable bonds is 7. The first-order valence-corrected chi connectivity index (χ1v) is 9.02. The SMILES string of the molecule is COc1ccc(-n2cnnc2SCC(=O)N(C)Cc2ccc(C)o2)cc1. The Morgan fingerprint density at radius 2 is 2.04 bits per heavy atom. The molecular formula is C18H20N4O3S. The average molecular weight is 372 g/mol. The van der Waals surface area contributed by atoms with Crippen LogP contribution in [0.25, 0.3) is 5.69 Å². The molecule has 1 aromatic carbocycles. The number of nitrogens with zero attached hydrogens (tertiary/aromatic N) is 4. The van der Waals surface area contributed by atoms with E-state index in [1.54, 1.807) is 25.4 Å². The first kappa shape index (κ1) is 18.1. The third-order valence-electron chi connectivity index (χ3n) is 3.81. The molecule has 0 aliphatic rings. The molecule has 0 saturated heterocycles. The highest BCUT2D eigenvalue weighted by molar-refractivity contribution is 7.99. The van der Waals surface area contributed by atoms with Crippen LogP contribution in [0.3, 0.4) is 0 Å². The molecule has 3 aromatic rings. The maximum atomic E-state index is 12.4. The molecule has 0 unspecified atom stereocenters. The lowest BCUT2D eigenvalue weighted by molar-refractivity contribution is -0.127. The van der Waals surface area contributed by atoms with Gasteiger partial charge in [0.05, 0.1) is 19.4 Å². The van der Waals surface area contributed by atoms with Crippen LogP contribution in [0.1, 0.15) is 11.5 Å². The number of hydrogen-bond donors (Lipinski definition) is 0. The largest absolute Gasteiger partial charge is 0.497 e. The summed E-state index contributed by atoms with van der Waals surface area (Å²) in [6.07, 6.45) is 1.63. The summed E-state index contributed by atoms with van der Waals surface area (Å²) in [4.78, 5) is 14.0. The second-order valence-corrected chi connectivity index (χ2v) is 6.67. The lowest BCUT2D eigenvalue weighted by Crippen LogP contribution is -2.27. The van der Waals surface area contributed by atoms with Gasteiger partial charge in [-0.1, -0.05) is 11.8 Å². The smallest absolute Gasteiger partial charge is 0.233 e. The lowest BCUT2D eigenvalue weighted by atomic mass is 10.3. The molecule has 3 rings (SSSR count). The summed E-state index contributed by atoms with van der Waals surface area (Å²) in [5.41, 5.74) is 0.908. The van der Waals surface area contributed by atoms with E-state index in [0.29, 0.717) is 11.7 Å². The van der Waals surface area contributed by atoms with E-state index in [9.17, 15) is 4.79 Å². The number of methoxy groups -OCH3 is 1. The molecule has 1 amide bonds. The van der Waals surface area contributed by atoms with Crippen molar-refractivity contribution in [1.29, 1.82) is 0 Å². The minimum absolute atomic E-state index is 0.00617. The van der Waals surface area contributed by atoms with Crippen LogP contribution in [0.15, 0.2) is 52.3 Å². The minimum atomic E-state index is -0.00617. The summed E-state index contributed by atoms with van der Waals surface area (Å²) < 4.78 is 12.5. The first-order valence-electron chi connectivity index (χ1n) is 8.03. The predicted octanol–water partition coefficient (Wildman–Crippen LogP) is 2.93. The maximum Gasteiger partial charge on any atom is 0.233 e. The number of benzene rings is 1. The van der Waals surface area contributed by atoms with Crippen molar-refractivity contribution >= 4 is 17.7 Å². The Bertz CT molecular complexity index is 873. The summed E-state index contributed by atoms with van der Waals surface area (Å²) in [6, 6.07) is 11.3. The Labute approximate surface area is 156 Å². The van der Waals surface area contributed by atoms with Crippen molar-refractivity contribution in [2.75, 3.05) is 19.9 Å². The minimum Gasteiger partial charge on any atom is -0.497 e. The fraction of sp³-hybridized carbons (Fsp3) is 0.278. The number of furan rings is 1. The summed E-state index contributed by atoms with van der Waals surface area (Å²) in [6.45, 7) is 2.32. The quantitative estimate of drug-likeness (QED) is 0.594. The molecule has 0 aliphatic carbocycles. The molecule has 136 valence electrons. The predicted molar refractivity (Wildman–Crippen MR) is 98.6 cm³/mol. The van der Waals surface area contributed by atoms with Crippen molar-refractivity contribution in [3.63, 3.8) is 0 Å². The Balaban J connectivity index is 1.61. The average Bonchev–Trinajstić information content (AvgIpc) is 3.28. The Kier molecular flexibility index (Phi) is 5.62. The van der Waals surface area contributed by atoms with Crippen molar-refractivity contribution in [2.24, 2.45) is 0 Å². The van der Waals surface area contributed by atoms with Crippen LogP contribution in [0, 0.1) is 6.92 Å². The molecule has 0 aliphatic heterocycles. The van der Waals surface area contributed by atoms with Gasteiger partial charge in [-0.3, -0.25) is 9.36 Å². The molecule has 2 aromatic heterocycles. The first-order chi connectivity index (χ1) is 12.6. The normalized spacial score (nSPS) is 10.7. The van der Waals surface area contributed by atoms with E-state index in [1.165, 1.54) is 11.8 Å².